The van der Waals surface area contributed by atoms with Gasteiger partial charge in [-0.05, 0) is 43.2 Å². The van der Waals surface area contributed by atoms with Gasteiger partial charge in [-0.2, -0.15) is 0 Å². The summed E-state index contributed by atoms with van der Waals surface area (Å²) in [6.45, 7) is 0.481. The maximum Gasteiger partial charge on any atom is 0.274 e. The monoisotopic (exact) mass is 465 g/mol. The molecule has 0 fully saturated rings. The van der Waals surface area contributed by atoms with Crippen LogP contribution in [0.4, 0.5) is 0 Å². The minimum absolute atomic E-state index is 0.00457. The van der Waals surface area contributed by atoms with Gasteiger partial charge in [0.1, 0.15) is 22.5 Å². The molecule has 0 bridgehead atoms. The third kappa shape index (κ3) is 5.20. The van der Waals surface area contributed by atoms with Gasteiger partial charge in [-0.3, -0.25) is 14.0 Å². The second kappa shape index (κ2) is 10.1. The molecule has 33 heavy (non-hydrogen) atoms. The number of aromatic nitrogens is 2. The molecule has 1 N–H and O–H groups in total. The van der Waals surface area contributed by atoms with Crippen molar-refractivity contribution >= 4 is 29.1 Å². The Morgan fingerprint density at radius 3 is 2.70 bits per heavy atom. The molecule has 7 nitrogen and oxygen atoms in total. The normalized spacial score (nSPS) is 16.2. The molecule has 3 heterocycles. The van der Waals surface area contributed by atoms with E-state index >= 15 is 0 Å². The van der Waals surface area contributed by atoms with Crippen LogP contribution in [0.3, 0.4) is 0 Å². The second-order valence-corrected chi connectivity index (χ2v) is 8.73. The summed E-state index contributed by atoms with van der Waals surface area (Å²) in [7, 11) is 3.69. The number of benzene rings is 1. The molecule has 3 aromatic rings. The predicted molar refractivity (Wildman–Crippen MR) is 129 cm³/mol. The zero-order valence-electron chi connectivity index (χ0n) is 18.8. The zero-order valence-corrected chi connectivity index (χ0v) is 19.6. The van der Waals surface area contributed by atoms with Crippen LogP contribution in [-0.2, 0) is 11.2 Å². The molecular weight excluding hydrogens is 438 g/mol. The molecule has 2 aromatic heterocycles. The zero-order chi connectivity index (χ0) is 23.4. The summed E-state index contributed by atoms with van der Waals surface area (Å²) in [5.41, 5.74) is 2.10. The molecule has 172 valence electrons. The molecule has 0 saturated carbocycles. The first-order valence-corrected chi connectivity index (χ1v) is 11.4. The number of amides is 2. The molecule has 1 aromatic carbocycles. The summed E-state index contributed by atoms with van der Waals surface area (Å²) in [6.07, 6.45) is 7.61. The molecule has 2 atom stereocenters. The number of nitrogens with zero attached hydrogens (tertiary/aromatic N) is 4. The number of likely N-dealkylation sites (N-methyl/N-ethyl adjacent to an activating group) is 2. The number of halogens is 1. The Morgan fingerprint density at radius 2 is 2.00 bits per heavy atom. The first kappa shape index (κ1) is 22.9. The Bertz CT molecular complexity index is 1160. The van der Waals surface area contributed by atoms with E-state index in [1.165, 1.54) is 0 Å². The van der Waals surface area contributed by atoms with Crippen molar-refractivity contribution in [2.45, 2.75) is 31.3 Å². The summed E-state index contributed by atoms with van der Waals surface area (Å²) in [6, 6.07) is 15.1. The van der Waals surface area contributed by atoms with Crippen LogP contribution in [0.5, 0.6) is 0 Å². The Balaban J connectivity index is 1.47. The van der Waals surface area contributed by atoms with E-state index in [-0.39, 0.29) is 23.9 Å². The number of pyridine rings is 1. The number of rotatable bonds is 8. The minimum Gasteiger partial charge on any atom is -0.369 e. The van der Waals surface area contributed by atoms with E-state index in [0.29, 0.717) is 42.3 Å². The number of carbonyl (C=O) groups excluding carboxylic acids is 2. The van der Waals surface area contributed by atoms with Crippen molar-refractivity contribution in [3.63, 3.8) is 0 Å². The summed E-state index contributed by atoms with van der Waals surface area (Å²) >= 11 is 6.24. The van der Waals surface area contributed by atoms with Gasteiger partial charge in [-0.15, -0.1) is 0 Å². The fourth-order valence-electron chi connectivity index (χ4n) is 4.14. The lowest BCUT2D eigenvalue weighted by Gasteiger charge is -2.28. The number of hydrogen-bond acceptors (Lipinski definition) is 4. The third-order valence-corrected chi connectivity index (χ3v) is 6.42. The Kier molecular flexibility index (Phi) is 6.99. The van der Waals surface area contributed by atoms with Gasteiger partial charge in [0.2, 0.25) is 5.91 Å². The van der Waals surface area contributed by atoms with Crippen molar-refractivity contribution in [2.24, 2.45) is 0 Å². The van der Waals surface area contributed by atoms with Gasteiger partial charge in [-0.1, -0.05) is 54.1 Å². The van der Waals surface area contributed by atoms with Gasteiger partial charge < -0.3 is 15.1 Å². The van der Waals surface area contributed by atoms with Crippen molar-refractivity contribution in [2.75, 3.05) is 20.6 Å². The SMILES string of the molecule is CN1C=CCC1C(=O)NCC[C@H](Cc1ccccc1)N(C)C(=O)c1cn2c(Cl)cccc2n1. The van der Waals surface area contributed by atoms with Crippen LogP contribution < -0.4 is 5.32 Å². The van der Waals surface area contributed by atoms with Gasteiger partial charge in [0.15, 0.2) is 0 Å². The highest BCUT2D eigenvalue weighted by Gasteiger charge is 2.26. The van der Waals surface area contributed by atoms with E-state index in [2.05, 4.69) is 10.3 Å². The largest absolute Gasteiger partial charge is 0.369 e. The van der Waals surface area contributed by atoms with Crippen LogP contribution >= 0.6 is 11.6 Å². The molecule has 0 saturated heterocycles. The maximum absolute atomic E-state index is 13.3. The van der Waals surface area contributed by atoms with E-state index in [1.54, 1.807) is 34.7 Å². The highest BCUT2D eigenvalue weighted by molar-refractivity contribution is 6.29. The summed E-state index contributed by atoms with van der Waals surface area (Å²) in [5, 5.41) is 3.53. The number of hydrogen-bond donors (Lipinski definition) is 1. The molecule has 1 aliphatic rings. The standard InChI is InChI=1S/C25H28ClN5O2/c1-29-15-7-10-21(29)24(32)27-14-13-19(16-18-8-4-3-5-9-18)30(2)25(33)20-17-31-22(26)11-6-12-23(31)28-20/h3-9,11-12,15,17,19,21H,10,13-14,16H2,1-2H3,(H,27,32)/t19-,21?/m1/s1. The molecule has 1 unspecified atom stereocenters. The fourth-order valence-corrected chi connectivity index (χ4v) is 4.35. The predicted octanol–water partition coefficient (Wildman–Crippen LogP) is 3.40. The molecule has 0 spiro atoms. The maximum atomic E-state index is 13.3. The first-order chi connectivity index (χ1) is 15.9. The fraction of sp³-hybridized carbons (Fsp3) is 0.320. The smallest absolute Gasteiger partial charge is 0.274 e. The molecule has 8 heteroatoms. The molecule has 1 aliphatic heterocycles. The number of imidazole rings is 1. The quantitative estimate of drug-likeness (QED) is 0.518. The van der Waals surface area contributed by atoms with Gasteiger partial charge >= 0.3 is 0 Å². The average molecular weight is 466 g/mol. The molecular formula is C25H28ClN5O2. The molecule has 0 aliphatic carbocycles. The minimum atomic E-state index is -0.179. The first-order valence-electron chi connectivity index (χ1n) is 11.0. The van der Waals surface area contributed by atoms with Gasteiger partial charge in [0.25, 0.3) is 5.91 Å². The van der Waals surface area contributed by atoms with Gasteiger partial charge in [0.05, 0.1) is 0 Å². The van der Waals surface area contributed by atoms with Crippen LogP contribution in [0, 0.1) is 0 Å². The number of nitrogens with one attached hydrogen (secondary N) is 1. The van der Waals surface area contributed by atoms with E-state index in [9.17, 15) is 9.59 Å². The topological polar surface area (TPSA) is 70.0 Å². The van der Waals surface area contributed by atoms with Gasteiger partial charge in [0, 0.05) is 32.9 Å². The van der Waals surface area contributed by atoms with E-state index in [0.717, 1.165) is 5.56 Å². The molecule has 4 rings (SSSR count). The van der Waals surface area contributed by atoms with E-state index in [1.807, 2.05) is 60.6 Å². The number of fused-ring (bicyclic) bond motifs is 1. The summed E-state index contributed by atoms with van der Waals surface area (Å²) in [4.78, 5) is 34.0. The van der Waals surface area contributed by atoms with Crippen molar-refractivity contribution in [1.29, 1.82) is 0 Å². The summed E-state index contributed by atoms with van der Waals surface area (Å²) < 4.78 is 1.70. The lowest BCUT2D eigenvalue weighted by Crippen LogP contribution is -2.44. The Morgan fingerprint density at radius 1 is 1.21 bits per heavy atom. The van der Waals surface area contributed by atoms with Crippen molar-refractivity contribution in [1.82, 2.24) is 24.5 Å². The summed E-state index contributed by atoms with van der Waals surface area (Å²) in [5.74, 6) is -0.174. The van der Waals surface area contributed by atoms with Crippen LogP contribution in [0.1, 0.15) is 28.9 Å². The van der Waals surface area contributed by atoms with Crippen LogP contribution in [-0.4, -0.2) is 63.7 Å². The van der Waals surface area contributed by atoms with Crippen molar-refractivity contribution < 1.29 is 9.59 Å². The highest BCUT2D eigenvalue weighted by atomic mass is 35.5. The Hall–Kier alpha value is -3.32. The van der Waals surface area contributed by atoms with E-state index < -0.39 is 0 Å². The lowest BCUT2D eigenvalue weighted by atomic mass is 10.0. The second-order valence-electron chi connectivity index (χ2n) is 8.34. The van der Waals surface area contributed by atoms with E-state index in [4.69, 9.17) is 11.6 Å². The van der Waals surface area contributed by atoms with Crippen molar-refractivity contribution in [3.8, 4) is 0 Å². The average Bonchev–Trinajstić information content (AvgIpc) is 3.45. The molecule has 2 amide bonds. The number of carbonyl (C=O) groups is 2. The van der Waals surface area contributed by atoms with Crippen LogP contribution in [0.2, 0.25) is 5.15 Å². The molecule has 0 radical (unpaired) electrons. The van der Waals surface area contributed by atoms with Gasteiger partial charge in [-0.25, -0.2) is 4.98 Å². The third-order valence-electron chi connectivity index (χ3n) is 6.11. The Labute approximate surface area is 198 Å². The van der Waals surface area contributed by atoms with Crippen molar-refractivity contribution in [3.05, 3.63) is 83.4 Å². The van der Waals surface area contributed by atoms with Crippen LogP contribution in [0.15, 0.2) is 67.0 Å². The lowest BCUT2D eigenvalue weighted by molar-refractivity contribution is -0.124. The van der Waals surface area contributed by atoms with Crippen LogP contribution in [0.25, 0.3) is 5.65 Å². The highest BCUT2D eigenvalue weighted by Crippen LogP contribution is 2.18.